The molecule has 27 heavy (non-hydrogen) atoms. The molecule has 0 bridgehead atoms. The van der Waals surface area contributed by atoms with Gasteiger partial charge in [-0.2, -0.15) is 0 Å². The molecule has 0 unspecified atom stereocenters. The highest BCUT2D eigenvalue weighted by Crippen LogP contribution is 2.30. The van der Waals surface area contributed by atoms with Gasteiger partial charge in [0.15, 0.2) is 11.6 Å². The molecule has 1 nitrogen and oxygen atoms in total. The van der Waals surface area contributed by atoms with Gasteiger partial charge in [0.2, 0.25) is 0 Å². The topological polar surface area (TPSA) is 9.23 Å². The van der Waals surface area contributed by atoms with Crippen LogP contribution in [0.1, 0.15) is 12.5 Å². The van der Waals surface area contributed by atoms with E-state index in [2.05, 4.69) is 4.74 Å². The molecule has 3 aromatic carbocycles. The van der Waals surface area contributed by atoms with E-state index in [-0.39, 0.29) is 11.3 Å². The Kier molecular flexibility index (Phi) is 5.17. The first-order valence-electron chi connectivity index (χ1n) is 8.22. The van der Waals surface area contributed by atoms with E-state index in [0.29, 0.717) is 23.1 Å². The van der Waals surface area contributed by atoms with Crippen molar-refractivity contribution in [3.05, 3.63) is 77.9 Å². The first-order chi connectivity index (χ1) is 12.8. The number of hydrogen-bond donors (Lipinski definition) is 0. The van der Waals surface area contributed by atoms with Gasteiger partial charge in [0.1, 0.15) is 5.75 Å². The first-order valence-corrected chi connectivity index (χ1v) is 8.22. The molecule has 0 fully saturated rings. The van der Waals surface area contributed by atoms with Gasteiger partial charge < -0.3 is 4.74 Å². The molecule has 0 saturated carbocycles. The van der Waals surface area contributed by atoms with Crippen LogP contribution in [0.15, 0.2) is 60.7 Å². The molecule has 0 amide bonds. The zero-order valence-corrected chi connectivity index (χ0v) is 14.3. The van der Waals surface area contributed by atoms with Crippen molar-refractivity contribution in [1.82, 2.24) is 0 Å². The molecule has 0 heterocycles. The van der Waals surface area contributed by atoms with E-state index in [1.165, 1.54) is 30.3 Å². The van der Waals surface area contributed by atoms with Crippen LogP contribution < -0.4 is 4.74 Å². The summed E-state index contributed by atoms with van der Waals surface area (Å²) >= 11 is 0. The Labute approximate surface area is 153 Å². The van der Waals surface area contributed by atoms with Crippen molar-refractivity contribution < 1.29 is 26.7 Å². The molecular weight excluding hydrogens is 363 g/mol. The van der Waals surface area contributed by atoms with Gasteiger partial charge in [-0.15, -0.1) is 13.2 Å². The van der Waals surface area contributed by atoms with Gasteiger partial charge in [-0.25, -0.2) is 8.78 Å². The van der Waals surface area contributed by atoms with Crippen LogP contribution in [0.4, 0.5) is 22.0 Å². The minimum absolute atomic E-state index is 0.158. The lowest BCUT2D eigenvalue weighted by Crippen LogP contribution is -2.16. The van der Waals surface area contributed by atoms with Crippen molar-refractivity contribution in [3.8, 4) is 28.0 Å². The SMILES string of the molecule is CCc1ccc(-c2ccc(-c3ccc(OC(F)(F)F)cc3)cc2)c(F)c1F. The first kappa shape index (κ1) is 18.9. The van der Waals surface area contributed by atoms with Crippen LogP contribution in [0.3, 0.4) is 0 Å². The Morgan fingerprint density at radius 2 is 1.22 bits per heavy atom. The summed E-state index contributed by atoms with van der Waals surface area (Å²) in [6, 6.07) is 15.2. The zero-order valence-electron chi connectivity index (χ0n) is 14.3. The average Bonchev–Trinajstić information content (AvgIpc) is 2.63. The van der Waals surface area contributed by atoms with E-state index in [4.69, 9.17) is 0 Å². The van der Waals surface area contributed by atoms with Crippen molar-refractivity contribution in [2.24, 2.45) is 0 Å². The summed E-state index contributed by atoms with van der Waals surface area (Å²) in [4.78, 5) is 0. The minimum atomic E-state index is -4.74. The van der Waals surface area contributed by atoms with Gasteiger partial charge in [-0.3, -0.25) is 0 Å². The highest BCUT2D eigenvalue weighted by molar-refractivity contribution is 5.71. The van der Waals surface area contributed by atoms with E-state index in [9.17, 15) is 22.0 Å². The lowest BCUT2D eigenvalue weighted by molar-refractivity contribution is -0.274. The van der Waals surface area contributed by atoms with E-state index in [1.807, 2.05) is 0 Å². The molecule has 6 heteroatoms. The normalized spacial score (nSPS) is 11.5. The molecule has 0 aliphatic carbocycles. The van der Waals surface area contributed by atoms with Gasteiger partial charge in [-0.05, 0) is 40.8 Å². The Morgan fingerprint density at radius 1 is 0.704 bits per heavy atom. The Morgan fingerprint density at radius 3 is 1.74 bits per heavy atom. The molecule has 3 aromatic rings. The van der Waals surface area contributed by atoms with Crippen LogP contribution in [0.2, 0.25) is 0 Å². The fraction of sp³-hybridized carbons (Fsp3) is 0.143. The fourth-order valence-corrected chi connectivity index (χ4v) is 2.78. The maximum Gasteiger partial charge on any atom is 0.573 e. The molecule has 3 rings (SSSR count). The number of aryl methyl sites for hydroxylation is 1. The summed E-state index contributed by atoms with van der Waals surface area (Å²) in [7, 11) is 0. The van der Waals surface area contributed by atoms with Gasteiger partial charge >= 0.3 is 6.36 Å². The van der Waals surface area contributed by atoms with Crippen LogP contribution >= 0.6 is 0 Å². The van der Waals surface area contributed by atoms with E-state index >= 15 is 0 Å². The number of hydrogen-bond acceptors (Lipinski definition) is 1. The molecule has 140 valence electrons. The van der Waals surface area contributed by atoms with E-state index in [1.54, 1.807) is 37.3 Å². The summed E-state index contributed by atoms with van der Waals surface area (Å²) in [5.41, 5.74) is 2.38. The quantitative estimate of drug-likeness (QED) is 0.456. The fourth-order valence-electron chi connectivity index (χ4n) is 2.78. The Hall–Kier alpha value is -2.89. The van der Waals surface area contributed by atoms with Crippen molar-refractivity contribution in [3.63, 3.8) is 0 Å². The summed E-state index contributed by atoms with van der Waals surface area (Å²) in [6.45, 7) is 1.75. The van der Waals surface area contributed by atoms with Gasteiger partial charge in [0.05, 0.1) is 0 Å². The highest BCUT2D eigenvalue weighted by Gasteiger charge is 2.30. The van der Waals surface area contributed by atoms with Crippen LogP contribution in [-0.4, -0.2) is 6.36 Å². The van der Waals surface area contributed by atoms with Crippen LogP contribution in [-0.2, 0) is 6.42 Å². The largest absolute Gasteiger partial charge is 0.573 e. The van der Waals surface area contributed by atoms with Crippen molar-refractivity contribution >= 4 is 0 Å². The predicted molar refractivity (Wildman–Crippen MR) is 93.3 cm³/mol. The third-order valence-electron chi connectivity index (χ3n) is 4.16. The van der Waals surface area contributed by atoms with Gasteiger partial charge in [0, 0.05) is 5.56 Å². The van der Waals surface area contributed by atoms with E-state index in [0.717, 1.165) is 5.56 Å². The smallest absolute Gasteiger partial charge is 0.406 e. The van der Waals surface area contributed by atoms with Crippen LogP contribution in [0.25, 0.3) is 22.3 Å². The summed E-state index contributed by atoms with van der Waals surface area (Å²) < 4.78 is 68.7. The standard InChI is InChI=1S/C21H15F5O/c1-2-13-9-12-18(20(23)19(13)22)16-5-3-14(4-6-16)15-7-10-17(11-8-15)27-21(24,25)26/h3-12H,2H2,1H3. The summed E-state index contributed by atoms with van der Waals surface area (Å²) in [6.07, 6.45) is -4.34. The lowest BCUT2D eigenvalue weighted by Gasteiger charge is -2.10. The van der Waals surface area contributed by atoms with Gasteiger partial charge in [0.25, 0.3) is 0 Å². The number of alkyl halides is 3. The highest BCUT2D eigenvalue weighted by atomic mass is 19.4. The minimum Gasteiger partial charge on any atom is -0.406 e. The Balaban J connectivity index is 1.85. The lowest BCUT2D eigenvalue weighted by atomic mass is 9.98. The molecule has 0 saturated heterocycles. The van der Waals surface area contributed by atoms with E-state index < -0.39 is 18.0 Å². The van der Waals surface area contributed by atoms with Crippen LogP contribution in [0.5, 0.6) is 5.75 Å². The summed E-state index contributed by atoms with van der Waals surface area (Å²) in [5.74, 6) is -2.05. The maximum absolute atomic E-state index is 14.3. The third kappa shape index (κ3) is 4.27. The van der Waals surface area contributed by atoms with Crippen molar-refractivity contribution in [2.45, 2.75) is 19.7 Å². The maximum atomic E-state index is 14.3. The molecule has 0 N–H and O–H groups in total. The number of halogens is 5. The zero-order chi connectivity index (χ0) is 19.6. The second-order valence-corrected chi connectivity index (χ2v) is 5.90. The predicted octanol–water partition coefficient (Wildman–Crippen LogP) is 6.76. The second-order valence-electron chi connectivity index (χ2n) is 5.90. The second kappa shape index (κ2) is 7.39. The van der Waals surface area contributed by atoms with Gasteiger partial charge in [-0.1, -0.05) is 55.5 Å². The molecule has 0 spiro atoms. The molecule has 0 aromatic heterocycles. The van der Waals surface area contributed by atoms with Crippen molar-refractivity contribution in [1.29, 1.82) is 0 Å². The molecule has 0 atom stereocenters. The number of ether oxygens (including phenoxy) is 1. The average molecular weight is 378 g/mol. The summed E-state index contributed by atoms with van der Waals surface area (Å²) in [5, 5.41) is 0. The van der Waals surface area contributed by atoms with Crippen LogP contribution in [0, 0.1) is 11.6 Å². The molecule has 0 radical (unpaired) electrons. The monoisotopic (exact) mass is 378 g/mol. The molecule has 0 aliphatic rings. The van der Waals surface area contributed by atoms with Crippen molar-refractivity contribution in [2.75, 3.05) is 0 Å². The third-order valence-corrected chi connectivity index (χ3v) is 4.16. The molecule has 0 aliphatic heterocycles. The molecular formula is C21H15F5O. The number of benzene rings is 3. The number of rotatable bonds is 4. The Bertz CT molecular complexity index is 929.